The van der Waals surface area contributed by atoms with Crippen molar-refractivity contribution < 1.29 is 28.2 Å². The van der Waals surface area contributed by atoms with E-state index >= 15 is 4.39 Å². The maximum atomic E-state index is 15.7. The third-order valence-corrected chi connectivity index (χ3v) is 6.65. The van der Waals surface area contributed by atoms with Gasteiger partial charge >= 0.3 is 0 Å². The number of benzene rings is 2. The lowest BCUT2D eigenvalue weighted by atomic mass is 9.84. The number of Topliss-reactive ketones (excluding diaryl/α,β-unsaturated/α-hetero) is 1. The minimum atomic E-state index is -0.876. The fourth-order valence-electron chi connectivity index (χ4n) is 4.79. The first-order valence-corrected chi connectivity index (χ1v) is 12.7. The van der Waals surface area contributed by atoms with E-state index in [0.29, 0.717) is 29.2 Å². The topological polar surface area (TPSA) is 101 Å². The fraction of sp³-hybridized carbons (Fsp3) is 0.483. The number of rotatable bonds is 9. The molecule has 0 atom stereocenters. The minimum Gasteiger partial charge on any atom is -0.494 e. The van der Waals surface area contributed by atoms with Gasteiger partial charge in [0, 0.05) is 18.1 Å². The van der Waals surface area contributed by atoms with E-state index in [1.807, 2.05) is 34.6 Å². The van der Waals surface area contributed by atoms with Crippen LogP contribution in [0.2, 0.25) is 0 Å². The number of amidine groups is 1. The number of carbonyl (C=O) groups is 2. The van der Waals surface area contributed by atoms with Crippen LogP contribution in [0, 0.1) is 11.2 Å². The fourth-order valence-corrected chi connectivity index (χ4v) is 4.79. The third kappa shape index (κ3) is 5.19. The number of ketones is 1. The number of carbonyl (C=O) groups excluding carboxylic acids is 2. The number of nitrogens with zero attached hydrogens (tertiary/aromatic N) is 1. The summed E-state index contributed by atoms with van der Waals surface area (Å²) in [5.41, 5.74) is 0.872. The van der Waals surface area contributed by atoms with Gasteiger partial charge in [-0.15, -0.1) is 0 Å². The third-order valence-electron chi connectivity index (χ3n) is 6.65. The van der Waals surface area contributed by atoms with Crippen molar-refractivity contribution >= 4 is 23.2 Å². The maximum absolute atomic E-state index is 15.7. The minimum absolute atomic E-state index is 0.0354. The van der Waals surface area contributed by atoms with Crippen molar-refractivity contribution in [2.24, 2.45) is 0 Å². The number of nitrogens with one attached hydrogen (secondary N) is 2. The Balaban J connectivity index is 2.08. The second kappa shape index (κ2) is 10.6. The van der Waals surface area contributed by atoms with Crippen LogP contribution in [0.4, 0.5) is 10.1 Å². The average molecular weight is 528 g/mol. The van der Waals surface area contributed by atoms with Crippen LogP contribution in [-0.2, 0) is 15.7 Å². The van der Waals surface area contributed by atoms with Crippen molar-refractivity contribution in [3.05, 3.63) is 46.3 Å². The summed E-state index contributed by atoms with van der Waals surface area (Å²) in [4.78, 5) is 27.2. The Hall–Kier alpha value is -3.62. The monoisotopic (exact) mass is 527 g/mol. The predicted octanol–water partition coefficient (Wildman–Crippen LogP) is 5.65. The maximum Gasteiger partial charge on any atom is 0.221 e. The molecule has 3 rings (SSSR count). The molecule has 1 aliphatic rings. The summed E-state index contributed by atoms with van der Waals surface area (Å²) < 4.78 is 32.5. The second-order valence-electron chi connectivity index (χ2n) is 10.8. The van der Waals surface area contributed by atoms with Crippen molar-refractivity contribution in [2.45, 2.75) is 66.3 Å². The van der Waals surface area contributed by atoms with Crippen LogP contribution in [-0.4, -0.2) is 49.3 Å². The first-order valence-electron chi connectivity index (χ1n) is 12.7. The highest BCUT2D eigenvalue weighted by Crippen LogP contribution is 2.46. The Bertz CT molecular complexity index is 1280. The van der Waals surface area contributed by atoms with Crippen molar-refractivity contribution in [2.75, 3.05) is 32.2 Å². The molecule has 8 nitrogen and oxygen atoms in total. The predicted molar refractivity (Wildman–Crippen MR) is 146 cm³/mol. The molecule has 0 unspecified atom stereocenters. The second-order valence-corrected chi connectivity index (χ2v) is 10.8. The lowest BCUT2D eigenvalue weighted by molar-refractivity contribution is -0.114. The molecule has 0 aromatic heterocycles. The Kier molecular flexibility index (Phi) is 8.10. The Labute approximate surface area is 224 Å². The highest BCUT2D eigenvalue weighted by Gasteiger charge is 2.45. The lowest BCUT2D eigenvalue weighted by Gasteiger charge is -2.33. The van der Waals surface area contributed by atoms with Crippen molar-refractivity contribution in [1.29, 1.82) is 5.41 Å². The summed E-state index contributed by atoms with van der Waals surface area (Å²) in [6, 6.07) is 5.04. The molecular formula is C29H38FN3O5. The van der Waals surface area contributed by atoms with Crippen LogP contribution in [0.1, 0.15) is 82.4 Å². The molecular weight excluding hydrogens is 489 g/mol. The number of halogens is 1. The van der Waals surface area contributed by atoms with Gasteiger partial charge in [0.05, 0.1) is 43.7 Å². The summed E-state index contributed by atoms with van der Waals surface area (Å²) in [7, 11) is 1.52. The van der Waals surface area contributed by atoms with Crippen LogP contribution < -0.4 is 19.5 Å². The lowest BCUT2D eigenvalue weighted by Crippen LogP contribution is -2.42. The molecule has 38 heavy (non-hydrogen) atoms. The largest absolute Gasteiger partial charge is 0.494 e. The number of fused-ring (bicyclic) bond motifs is 1. The molecule has 1 amide bonds. The molecule has 2 N–H and O–H groups in total. The molecule has 2 aromatic rings. The van der Waals surface area contributed by atoms with E-state index in [1.165, 1.54) is 14.0 Å². The van der Waals surface area contributed by atoms with E-state index in [9.17, 15) is 9.59 Å². The summed E-state index contributed by atoms with van der Waals surface area (Å²) in [5, 5.41) is 11.6. The highest BCUT2D eigenvalue weighted by molar-refractivity contribution is 6.07. The number of amides is 1. The number of hydrogen-bond donors (Lipinski definition) is 2. The van der Waals surface area contributed by atoms with E-state index in [4.69, 9.17) is 19.6 Å². The molecule has 0 aliphatic carbocycles. The number of methoxy groups -OCH3 is 1. The molecule has 0 spiro atoms. The SMILES string of the molecule is CCOc1cc2c(c(F)c1OCC)C(=N)N(CC(=O)c1cc(NC(C)=O)c(OC)c(C(C)(C)C)c1)C2(C)C. The van der Waals surface area contributed by atoms with Gasteiger partial charge in [0.1, 0.15) is 11.6 Å². The first kappa shape index (κ1) is 28.9. The zero-order valence-corrected chi connectivity index (χ0v) is 23.7. The normalized spacial score (nSPS) is 14.3. The summed E-state index contributed by atoms with van der Waals surface area (Å²) >= 11 is 0. The molecule has 0 bridgehead atoms. The van der Waals surface area contributed by atoms with Gasteiger partial charge in [0.2, 0.25) is 5.91 Å². The summed E-state index contributed by atoms with van der Waals surface area (Å²) in [6.45, 7) is 15.0. The average Bonchev–Trinajstić information content (AvgIpc) is 3.00. The van der Waals surface area contributed by atoms with Gasteiger partial charge in [-0.2, -0.15) is 0 Å². The molecule has 0 radical (unpaired) electrons. The molecule has 9 heteroatoms. The van der Waals surface area contributed by atoms with Crippen molar-refractivity contribution in [3.8, 4) is 17.2 Å². The summed E-state index contributed by atoms with van der Waals surface area (Å²) in [6.07, 6.45) is 0. The molecule has 0 saturated heterocycles. The van der Waals surface area contributed by atoms with Crippen LogP contribution in [0.5, 0.6) is 17.2 Å². The van der Waals surface area contributed by atoms with Crippen molar-refractivity contribution in [1.82, 2.24) is 4.90 Å². The zero-order chi connectivity index (χ0) is 28.6. The van der Waals surface area contributed by atoms with E-state index in [1.54, 1.807) is 36.9 Å². The van der Waals surface area contributed by atoms with Gasteiger partial charge in [0.25, 0.3) is 0 Å². The highest BCUT2D eigenvalue weighted by atomic mass is 19.1. The van der Waals surface area contributed by atoms with Gasteiger partial charge in [-0.1, -0.05) is 20.8 Å². The van der Waals surface area contributed by atoms with Gasteiger partial charge in [-0.25, -0.2) is 4.39 Å². The molecule has 0 saturated carbocycles. The van der Waals surface area contributed by atoms with Crippen molar-refractivity contribution in [3.63, 3.8) is 0 Å². The van der Waals surface area contributed by atoms with E-state index in [2.05, 4.69) is 5.32 Å². The van der Waals surface area contributed by atoms with Gasteiger partial charge in [0.15, 0.2) is 23.1 Å². The molecule has 2 aromatic carbocycles. The Morgan fingerprint density at radius 1 is 1.08 bits per heavy atom. The smallest absolute Gasteiger partial charge is 0.221 e. The number of ether oxygens (including phenoxy) is 3. The van der Waals surface area contributed by atoms with Crippen LogP contribution >= 0.6 is 0 Å². The van der Waals surface area contributed by atoms with Gasteiger partial charge < -0.3 is 24.4 Å². The standard InChI is InChI=1S/C29H38FN3O5/c1-10-37-22-14-18-23(24(30)26(22)38-11-2)27(31)33(29(18,7)8)15-21(35)17-12-19(28(4,5)6)25(36-9)20(13-17)32-16(3)34/h12-14,31H,10-11,15H2,1-9H3,(H,32,34). The van der Waals surface area contributed by atoms with Gasteiger partial charge in [-0.3, -0.25) is 15.0 Å². The molecule has 0 fully saturated rings. The summed E-state index contributed by atoms with van der Waals surface area (Å²) in [5.74, 6) is -0.641. The van der Waals surface area contributed by atoms with E-state index < -0.39 is 11.4 Å². The van der Waals surface area contributed by atoms with E-state index in [0.717, 1.165) is 5.56 Å². The van der Waals surface area contributed by atoms with Crippen LogP contribution in [0.3, 0.4) is 0 Å². The molecule has 1 heterocycles. The number of anilines is 1. The Morgan fingerprint density at radius 3 is 2.24 bits per heavy atom. The quantitative estimate of drug-likeness (QED) is 0.409. The molecule has 206 valence electrons. The van der Waals surface area contributed by atoms with E-state index in [-0.39, 0.29) is 53.2 Å². The number of hydrogen-bond acceptors (Lipinski definition) is 6. The van der Waals surface area contributed by atoms with Crippen LogP contribution in [0.15, 0.2) is 18.2 Å². The van der Waals surface area contributed by atoms with Crippen LogP contribution in [0.25, 0.3) is 0 Å². The molecule has 1 aliphatic heterocycles. The zero-order valence-electron chi connectivity index (χ0n) is 23.7. The Morgan fingerprint density at radius 2 is 1.71 bits per heavy atom. The van der Waals surface area contributed by atoms with Gasteiger partial charge in [-0.05, 0) is 56.9 Å². The first-order chi connectivity index (χ1) is 17.7.